The van der Waals surface area contributed by atoms with E-state index >= 15 is 0 Å². The topological polar surface area (TPSA) is 28.4 Å². The SMILES string of the molecule is Cc1cc(CN(C)C(C)C(C)C)oc1CNCC(C)C. The van der Waals surface area contributed by atoms with Gasteiger partial charge in [0.25, 0.3) is 0 Å². The Labute approximate surface area is 124 Å². The molecule has 3 nitrogen and oxygen atoms in total. The standard InChI is InChI=1S/C17H32N2O/c1-12(2)9-18-10-17-14(5)8-16(20-17)11-19(7)15(6)13(3)4/h8,12-13,15,18H,9-11H2,1-7H3. The zero-order valence-corrected chi connectivity index (χ0v) is 14.3. The first-order chi connectivity index (χ1) is 9.31. The minimum Gasteiger partial charge on any atom is -0.463 e. The Morgan fingerprint density at radius 1 is 1.20 bits per heavy atom. The summed E-state index contributed by atoms with van der Waals surface area (Å²) in [7, 11) is 2.17. The molecule has 1 heterocycles. The highest BCUT2D eigenvalue weighted by molar-refractivity contribution is 5.20. The fourth-order valence-corrected chi connectivity index (χ4v) is 2.22. The van der Waals surface area contributed by atoms with E-state index in [2.05, 4.69) is 64.9 Å². The lowest BCUT2D eigenvalue weighted by Gasteiger charge is -2.26. The van der Waals surface area contributed by atoms with Gasteiger partial charge < -0.3 is 9.73 Å². The molecule has 0 aliphatic rings. The van der Waals surface area contributed by atoms with E-state index in [4.69, 9.17) is 4.42 Å². The molecule has 1 unspecified atom stereocenters. The van der Waals surface area contributed by atoms with Crippen LogP contribution in [0.15, 0.2) is 10.5 Å². The molecule has 116 valence electrons. The quantitative estimate of drug-likeness (QED) is 0.785. The molecule has 3 heteroatoms. The van der Waals surface area contributed by atoms with Crippen molar-refractivity contribution in [3.05, 3.63) is 23.2 Å². The van der Waals surface area contributed by atoms with E-state index in [0.29, 0.717) is 17.9 Å². The third-order valence-electron chi connectivity index (χ3n) is 3.98. The van der Waals surface area contributed by atoms with E-state index in [9.17, 15) is 0 Å². The summed E-state index contributed by atoms with van der Waals surface area (Å²) < 4.78 is 5.99. The summed E-state index contributed by atoms with van der Waals surface area (Å²) in [6.45, 7) is 16.1. The van der Waals surface area contributed by atoms with Gasteiger partial charge in [0.2, 0.25) is 0 Å². The van der Waals surface area contributed by atoms with Gasteiger partial charge in [-0.15, -0.1) is 0 Å². The van der Waals surface area contributed by atoms with Crippen LogP contribution in [0.1, 0.15) is 51.7 Å². The van der Waals surface area contributed by atoms with Crippen LogP contribution in [-0.4, -0.2) is 24.5 Å². The molecule has 20 heavy (non-hydrogen) atoms. The van der Waals surface area contributed by atoms with Crippen molar-refractivity contribution in [1.29, 1.82) is 0 Å². The summed E-state index contributed by atoms with van der Waals surface area (Å²) >= 11 is 0. The minimum atomic E-state index is 0.558. The van der Waals surface area contributed by atoms with Gasteiger partial charge in [-0.25, -0.2) is 0 Å². The molecule has 1 N–H and O–H groups in total. The Bertz CT molecular complexity index is 396. The van der Waals surface area contributed by atoms with Gasteiger partial charge in [-0.05, 0) is 50.9 Å². The molecule has 0 aliphatic heterocycles. The Morgan fingerprint density at radius 3 is 2.40 bits per heavy atom. The lowest BCUT2D eigenvalue weighted by molar-refractivity contribution is 0.185. The summed E-state index contributed by atoms with van der Waals surface area (Å²) in [5, 5.41) is 3.44. The number of nitrogens with zero attached hydrogens (tertiary/aromatic N) is 1. The van der Waals surface area contributed by atoms with E-state index < -0.39 is 0 Å². The molecule has 0 bridgehead atoms. The van der Waals surface area contributed by atoms with E-state index in [1.54, 1.807) is 0 Å². The van der Waals surface area contributed by atoms with Crippen molar-refractivity contribution in [1.82, 2.24) is 10.2 Å². The van der Waals surface area contributed by atoms with Gasteiger partial charge in [0, 0.05) is 6.04 Å². The smallest absolute Gasteiger partial charge is 0.120 e. The highest BCUT2D eigenvalue weighted by atomic mass is 16.3. The highest BCUT2D eigenvalue weighted by Gasteiger charge is 2.16. The summed E-state index contributed by atoms with van der Waals surface area (Å²) in [4.78, 5) is 2.36. The van der Waals surface area contributed by atoms with Crippen LogP contribution in [0, 0.1) is 18.8 Å². The lowest BCUT2D eigenvalue weighted by atomic mass is 10.1. The number of hydrogen-bond donors (Lipinski definition) is 1. The van der Waals surface area contributed by atoms with Crippen molar-refractivity contribution in [3.63, 3.8) is 0 Å². The first kappa shape index (κ1) is 17.3. The Hall–Kier alpha value is -0.800. The fraction of sp³-hybridized carbons (Fsp3) is 0.765. The average Bonchev–Trinajstić information content (AvgIpc) is 2.68. The van der Waals surface area contributed by atoms with Gasteiger partial charge in [0.05, 0.1) is 13.1 Å². The van der Waals surface area contributed by atoms with Crippen molar-refractivity contribution in [2.75, 3.05) is 13.6 Å². The first-order valence-electron chi connectivity index (χ1n) is 7.80. The van der Waals surface area contributed by atoms with Crippen molar-refractivity contribution >= 4 is 0 Å². The van der Waals surface area contributed by atoms with E-state index in [1.807, 2.05) is 0 Å². The number of hydrogen-bond acceptors (Lipinski definition) is 3. The number of nitrogens with one attached hydrogen (secondary N) is 1. The zero-order valence-electron chi connectivity index (χ0n) is 14.3. The summed E-state index contributed by atoms with van der Waals surface area (Å²) in [6.07, 6.45) is 0. The predicted octanol–water partition coefficient (Wildman–Crippen LogP) is 3.81. The Kier molecular flexibility index (Phi) is 6.77. The van der Waals surface area contributed by atoms with Gasteiger partial charge in [0.1, 0.15) is 11.5 Å². The second-order valence-corrected chi connectivity index (χ2v) is 6.74. The van der Waals surface area contributed by atoms with Crippen molar-refractivity contribution in [2.24, 2.45) is 11.8 Å². The Morgan fingerprint density at radius 2 is 1.85 bits per heavy atom. The van der Waals surface area contributed by atoms with Gasteiger partial charge >= 0.3 is 0 Å². The van der Waals surface area contributed by atoms with E-state index in [-0.39, 0.29) is 0 Å². The average molecular weight is 280 g/mol. The third-order valence-corrected chi connectivity index (χ3v) is 3.98. The summed E-state index contributed by atoms with van der Waals surface area (Å²) in [5.41, 5.74) is 1.25. The largest absolute Gasteiger partial charge is 0.463 e. The van der Waals surface area contributed by atoms with Crippen LogP contribution >= 0.6 is 0 Å². The van der Waals surface area contributed by atoms with E-state index in [0.717, 1.165) is 31.2 Å². The molecule has 0 saturated carbocycles. The van der Waals surface area contributed by atoms with Gasteiger partial charge in [-0.1, -0.05) is 27.7 Å². The summed E-state index contributed by atoms with van der Waals surface area (Å²) in [6, 6.07) is 2.73. The first-order valence-corrected chi connectivity index (χ1v) is 7.80. The van der Waals surface area contributed by atoms with Crippen LogP contribution in [0.3, 0.4) is 0 Å². The predicted molar refractivity (Wildman–Crippen MR) is 85.8 cm³/mol. The number of aryl methyl sites for hydroxylation is 1. The molecule has 0 fully saturated rings. The second-order valence-electron chi connectivity index (χ2n) is 6.74. The van der Waals surface area contributed by atoms with Crippen LogP contribution in [-0.2, 0) is 13.1 Å². The number of furan rings is 1. The molecule has 0 saturated heterocycles. The van der Waals surface area contributed by atoms with Crippen molar-refractivity contribution in [3.8, 4) is 0 Å². The fourth-order valence-electron chi connectivity index (χ4n) is 2.22. The van der Waals surface area contributed by atoms with Crippen molar-refractivity contribution < 1.29 is 4.42 Å². The molecular weight excluding hydrogens is 248 g/mol. The summed E-state index contributed by atoms with van der Waals surface area (Å²) in [5.74, 6) is 3.47. The van der Waals surface area contributed by atoms with Crippen molar-refractivity contribution in [2.45, 2.75) is 60.7 Å². The maximum absolute atomic E-state index is 5.99. The molecule has 0 spiro atoms. The lowest BCUT2D eigenvalue weighted by Crippen LogP contribution is -2.32. The molecule has 0 radical (unpaired) electrons. The van der Waals surface area contributed by atoms with Gasteiger partial charge in [-0.2, -0.15) is 0 Å². The van der Waals surface area contributed by atoms with E-state index in [1.165, 1.54) is 5.56 Å². The zero-order chi connectivity index (χ0) is 15.3. The maximum Gasteiger partial charge on any atom is 0.120 e. The molecule has 1 rings (SSSR count). The Balaban J connectivity index is 2.56. The normalized spacial score (nSPS) is 13.7. The third kappa shape index (κ3) is 5.29. The minimum absolute atomic E-state index is 0.558. The maximum atomic E-state index is 5.99. The highest BCUT2D eigenvalue weighted by Crippen LogP contribution is 2.18. The molecule has 1 atom stereocenters. The molecular formula is C17H32N2O. The molecule has 0 aliphatic carbocycles. The second kappa shape index (κ2) is 7.84. The molecule has 1 aromatic rings. The number of rotatable bonds is 8. The van der Waals surface area contributed by atoms with Crippen LogP contribution in [0.25, 0.3) is 0 Å². The van der Waals surface area contributed by atoms with Crippen LogP contribution in [0.5, 0.6) is 0 Å². The molecule has 1 aromatic heterocycles. The monoisotopic (exact) mass is 280 g/mol. The van der Waals surface area contributed by atoms with Crippen LogP contribution in [0.2, 0.25) is 0 Å². The molecule has 0 aromatic carbocycles. The van der Waals surface area contributed by atoms with Crippen LogP contribution < -0.4 is 5.32 Å². The van der Waals surface area contributed by atoms with Gasteiger partial charge in [0.15, 0.2) is 0 Å². The molecule has 0 amide bonds. The van der Waals surface area contributed by atoms with Crippen LogP contribution in [0.4, 0.5) is 0 Å². The van der Waals surface area contributed by atoms with Gasteiger partial charge in [-0.3, -0.25) is 4.90 Å².